The molecule has 0 spiro atoms. The maximum atomic E-state index is 2.43. The summed E-state index contributed by atoms with van der Waals surface area (Å²) in [5.74, 6) is 0. The maximum Gasteiger partial charge on any atom is 0.0479 e. The minimum Gasteiger partial charge on any atom is -0.366 e. The van der Waals surface area contributed by atoms with E-state index in [9.17, 15) is 0 Å². The van der Waals surface area contributed by atoms with Crippen molar-refractivity contribution in [1.82, 2.24) is 0 Å². The largest absolute Gasteiger partial charge is 0.366 e. The lowest BCUT2D eigenvalue weighted by molar-refractivity contribution is 0.609. The summed E-state index contributed by atoms with van der Waals surface area (Å²) in [6.45, 7) is 8.94. The molecule has 0 unspecified atom stereocenters. The Labute approximate surface area is 79.0 Å². The molecule has 0 aliphatic heterocycles. The van der Waals surface area contributed by atoms with E-state index >= 15 is 0 Å². The first-order valence-electron chi connectivity index (χ1n) is 4.43. The van der Waals surface area contributed by atoms with E-state index in [2.05, 4.69) is 49.4 Å². The first-order chi connectivity index (χ1) is 5.63. The average molecular weight is 183 g/mol. The minimum atomic E-state index is 0.583. The molecule has 0 radical (unpaired) electrons. The molecule has 1 nitrogen and oxygen atoms in total. The topological polar surface area (TPSA) is 3.24 Å². The van der Waals surface area contributed by atoms with E-state index in [1.165, 1.54) is 5.69 Å². The van der Waals surface area contributed by atoms with Gasteiger partial charge in [0.25, 0.3) is 0 Å². The first kappa shape index (κ1) is 9.59. The lowest BCUT2D eigenvalue weighted by Gasteiger charge is -2.31. The van der Waals surface area contributed by atoms with Crippen molar-refractivity contribution in [3.05, 3.63) is 16.8 Å². The monoisotopic (exact) mass is 183 g/mol. The number of rotatable bonds is 3. The van der Waals surface area contributed by atoms with Crippen molar-refractivity contribution in [3.8, 4) is 0 Å². The molecule has 0 amide bonds. The smallest absolute Gasteiger partial charge is 0.0479 e. The zero-order valence-corrected chi connectivity index (χ0v) is 9.06. The van der Waals surface area contributed by atoms with E-state index in [4.69, 9.17) is 0 Å². The summed E-state index contributed by atoms with van der Waals surface area (Å²) in [7, 11) is 0. The second-order valence-electron chi connectivity index (χ2n) is 3.58. The molecule has 12 heavy (non-hydrogen) atoms. The molecule has 0 saturated carbocycles. The summed E-state index contributed by atoms with van der Waals surface area (Å²) in [5.41, 5.74) is 1.35. The van der Waals surface area contributed by atoms with Gasteiger partial charge in [0.05, 0.1) is 0 Å². The Morgan fingerprint density at radius 1 is 1.17 bits per heavy atom. The maximum absolute atomic E-state index is 2.43. The van der Waals surface area contributed by atoms with Gasteiger partial charge in [0.1, 0.15) is 0 Å². The Morgan fingerprint density at radius 2 is 1.75 bits per heavy atom. The van der Waals surface area contributed by atoms with Gasteiger partial charge in [-0.25, -0.2) is 0 Å². The standard InChI is InChI=1S/C10H17NS/c1-8(2)11(9(3)4)10-5-6-12-7-10/h5-9H,1-4H3. The van der Waals surface area contributed by atoms with E-state index in [1.54, 1.807) is 11.3 Å². The van der Waals surface area contributed by atoms with Gasteiger partial charge >= 0.3 is 0 Å². The van der Waals surface area contributed by atoms with Crippen LogP contribution in [0.3, 0.4) is 0 Å². The highest BCUT2D eigenvalue weighted by Crippen LogP contribution is 2.22. The fourth-order valence-corrected chi connectivity index (χ4v) is 2.23. The van der Waals surface area contributed by atoms with Crippen LogP contribution < -0.4 is 4.90 Å². The van der Waals surface area contributed by atoms with E-state index in [0.29, 0.717) is 12.1 Å². The van der Waals surface area contributed by atoms with Gasteiger partial charge in [-0.2, -0.15) is 11.3 Å². The van der Waals surface area contributed by atoms with Gasteiger partial charge in [-0.15, -0.1) is 0 Å². The van der Waals surface area contributed by atoms with Gasteiger partial charge in [-0.3, -0.25) is 0 Å². The molecule has 1 rings (SSSR count). The van der Waals surface area contributed by atoms with Gasteiger partial charge in [0.2, 0.25) is 0 Å². The van der Waals surface area contributed by atoms with Gasteiger partial charge < -0.3 is 4.90 Å². The van der Waals surface area contributed by atoms with Crippen LogP contribution in [0.4, 0.5) is 5.69 Å². The highest BCUT2D eigenvalue weighted by atomic mass is 32.1. The molecule has 0 aromatic carbocycles. The molecule has 0 aliphatic carbocycles. The molecule has 0 aliphatic rings. The number of hydrogen-bond donors (Lipinski definition) is 0. The van der Waals surface area contributed by atoms with Crippen LogP contribution >= 0.6 is 11.3 Å². The zero-order valence-electron chi connectivity index (χ0n) is 8.24. The van der Waals surface area contributed by atoms with E-state index in [0.717, 1.165) is 0 Å². The van der Waals surface area contributed by atoms with Crippen LogP contribution in [0.5, 0.6) is 0 Å². The third-order valence-corrected chi connectivity index (χ3v) is 2.59. The predicted octanol–water partition coefficient (Wildman–Crippen LogP) is 3.37. The number of anilines is 1. The van der Waals surface area contributed by atoms with Crippen molar-refractivity contribution in [2.45, 2.75) is 39.8 Å². The van der Waals surface area contributed by atoms with E-state index in [1.807, 2.05) is 0 Å². The Hall–Kier alpha value is -0.500. The Balaban J connectivity index is 2.81. The van der Waals surface area contributed by atoms with Gasteiger partial charge in [-0.05, 0) is 39.1 Å². The summed E-state index contributed by atoms with van der Waals surface area (Å²) >= 11 is 1.76. The lowest BCUT2D eigenvalue weighted by Crippen LogP contribution is -2.36. The van der Waals surface area contributed by atoms with E-state index in [-0.39, 0.29) is 0 Å². The summed E-state index contributed by atoms with van der Waals surface area (Å²) < 4.78 is 0. The second kappa shape index (κ2) is 3.94. The molecular formula is C10H17NS. The number of nitrogens with zero attached hydrogens (tertiary/aromatic N) is 1. The van der Waals surface area contributed by atoms with Crippen LogP contribution in [-0.2, 0) is 0 Å². The van der Waals surface area contributed by atoms with Crippen molar-refractivity contribution in [3.63, 3.8) is 0 Å². The molecule has 0 N–H and O–H groups in total. The van der Waals surface area contributed by atoms with Crippen molar-refractivity contribution in [1.29, 1.82) is 0 Å². The number of hydrogen-bond acceptors (Lipinski definition) is 2. The fourth-order valence-electron chi connectivity index (χ4n) is 1.60. The molecule has 0 saturated heterocycles. The Morgan fingerprint density at radius 3 is 2.08 bits per heavy atom. The average Bonchev–Trinajstić information content (AvgIpc) is 2.37. The summed E-state index contributed by atoms with van der Waals surface area (Å²) in [6.07, 6.45) is 0. The van der Waals surface area contributed by atoms with E-state index < -0.39 is 0 Å². The molecule has 0 atom stereocenters. The SMILES string of the molecule is CC(C)N(c1ccsc1)C(C)C. The quantitative estimate of drug-likeness (QED) is 0.694. The first-order valence-corrected chi connectivity index (χ1v) is 5.37. The molecule has 68 valence electrons. The summed E-state index contributed by atoms with van der Waals surface area (Å²) in [6, 6.07) is 3.35. The predicted molar refractivity (Wildman–Crippen MR) is 57.1 cm³/mol. The minimum absolute atomic E-state index is 0.583. The Kier molecular flexibility index (Phi) is 3.15. The van der Waals surface area contributed by atoms with Crippen molar-refractivity contribution < 1.29 is 0 Å². The van der Waals surface area contributed by atoms with Crippen LogP contribution in [0.1, 0.15) is 27.7 Å². The highest BCUT2D eigenvalue weighted by molar-refractivity contribution is 7.08. The van der Waals surface area contributed by atoms with Crippen LogP contribution in [0.2, 0.25) is 0 Å². The van der Waals surface area contributed by atoms with Crippen LogP contribution in [0.15, 0.2) is 16.8 Å². The molecule has 0 bridgehead atoms. The third-order valence-electron chi connectivity index (χ3n) is 1.92. The van der Waals surface area contributed by atoms with Gasteiger partial charge in [-0.1, -0.05) is 0 Å². The fraction of sp³-hybridized carbons (Fsp3) is 0.600. The molecular weight excluding hydrogens is 166 g/mol. The van der Waals surface area contributed by atoms with Gasteiger partial charge in [0.15, 0.2) is 0 Å². The molecule has 1 aromatic heterocycles. The highest BCUT2D eigenvalue weighted by Gasteiger charge is 2.13. The molecule has 1 heterocycles. The summed E-state index contributed by atoms with van der Waals surface area (Å²) in [5, 5.41) is 4.34. The van der Waals surface area contributed by atoms with Crippen molar-refractivity contribution in [2.24, 2.45) is 0 Å². The Bertz CT molecular complexity index is 206. The number of thiophene rings is 1. The van der Waals surface area contributed by atoms with Crippen LogP contribution in [0.25, 0.3) is 0 Å². The van der Waals surface area contributed by atoms with Crippen LogP contribution in [0, 0.1) is 0 Å². The molecule has 0 fully saturated rings. The van der Waals surface area contributed by atoms with Crippen LogP contribution in [-0.4, -0.2) is 12.1 Å². The van der Waals surface area contributed by atoms with Gasteiger partial charge in [0, 0.05) is 23.2 Å². The zero-order chi connectivity index (χ0) is 9.14. The third kappa shape index (κ3) is 2.01. The normalized spacial score (nSPS) is 11.2. The summed E-state index contributed by atoms with van der Waals surface area (Å²) in [4.78, 5) is 2.43. The second-order valence-corrected chi connectivity index (χ2v) is 4.36. The molecule has 2 heteroatoms. The van der Waals surface area contributed by atoms with Crippen molar-refractivity contribution in [2.75, 3.05) is 4.90 Å². The van der Waals surface area contributed by atoms with Crippen molar-refractivity contribution >= 4 is 17.0 Å². The lowest BCUT2D eigenvalue weighted by atomic mass is 10.2. The molecule has 1 aromatic rings.